The second-order valence-electron chi connectivity index (χ2n) is 3.08. The Labute approximate surface area is 94.3 Å². The van der Waals surface area contributed by atoms with Gasteiger partial charge in [0.05, 0.1) is 12.1 Å². The van der Waals surface area contributed by atoms with Crippen molar-refractivity contribution in [2.45, 2.75) is 18.6 Å². The summed E-state index contributed by atoms with van der Waals surface area (Å²) < 4.78 is 5.12. The molecule has 0 radical (unpaired) electrons. The molecule has 1 fully saturated rings. The van der Waals surface area contributed by atoms with E-state index in [1.54, 1.807) is 0 Å². The molecule has 1 aliphatic rings. The van der Waals surface area contributed by atoms with Crippen molar-refractivity contribution in [3.05, 3.63) is 35.9 Å². The van der Waals surface area contributed by atoms with Crippen molar-refractivity contribution in [1.82, 2.24) is 0 Å². The first kappa shape index (κ1) is 11.3. The molecule has 2 atom stereocenters. The van der Waals surface area contributed by atoms with E-state index in [-0.39, 0.29) is 25.0 Å². The molecule has 68 valence electrons. The fourth-order valence-corrected chi connectivity index (χ4v) is 1.42. The first-order valence-electron chi connectivity index (χ1n) is 4.18. The van der Waals surface area contributed by atoms with E-state index in [1.807, 2.05) is 30.3 Å². The van der Waals surface area contributed by atoms with Gasteiger partial charge in [0.2, 0.25) is 0 Å². The summed E-state index contributed by atoms with van der Waals surface area (Å²) >= 11 is 0. The molecule has 0 bridgehead atoms. The van der Waals surface area contributed by atoms with Crippen LogP contribution >= 0.6 is 0 Å². The summed E-state index contributed by atoms with van der Waals surface area (Å²) in [6.07, 6.45) is -0.263. The number of hydrogen-bond donors (Lipinski definition) is 0. The molecule has 0 N–H and O–H groups in total. The van der Waals surface area contributed by atoms with E-state index < -0.39 is 12.1 Å². The first-order valence-corrected chi connectivity index (χ1v) is 4.18. The van der Waals surface area contributed by atoms with Gasteiger partial charge in [0.15, 0.2) is 0 Å². The molecule has 2 rings (SSSR count). The Bertz CT molecular complexity index is 306. The Balaban J connectivity index is 0.000000980. The summed E-state index contributed by atoms with van der Waals surface area (Å²) in [4.78, 5) is 10.3. The van der Waals surface area contributed by atoms with Crippen molar-refractivity contribution < 1.29 is 33.5 Å². The van der Waals surface area contributed by atoms with Crippen LogP contribution in [0.4, 0.5) is 0 Å². The zero-order valence-corrected chi connectivity index (χ0v) is 7.97. The number of ether oxygens (including phenoxy) is 1. The van der Waals surface area contributed by atoms with Gasteiger partial charge in [-0.2, -0.15) is 0 Å². The molecule has 1 aromatic carbocycles. The van der Waals surface area contributed by atoms with E-state index in [1.165, 1.54) is 0 Å². The van der Waals surface area contributed by atoms with Gasteiger partial charge in [0, 0.05) is 6.42 Å². The smallest absolute Gasteiger partial charge is 0.547 e. The summed E-state index contributed by atoms with van der Waals surface area (Å²) in [7, 11) is 0. The van der Waals surface area contributed by atoms with Crippen LogP contribution in [0.2, 0.25) is 0 Å². The zero-order valence-electron chi connectivity index (χ0n) is 7.97. The standard InChI is InChI=1S/C10H10O3.Li/c11-10(12)9-6-8(13-9)7-4-2-1-3-5-7;/h1-5,8-9H,6H2,(H,11,12);/q;+1/p-1. The minimum absolute atomic E-state index is 0. The van der Waals surface area contributed by atoms with Gasteiger partial charge in [0.1, 0.15) is 6.10 Å². The molecule has 0 amide bonds. The molecule has 3 nitrogen and oxygen atoms in total. The van der Waals surface area contributed by atoms with Gasteiger partial charge in [-0.05, 0) is 5.56 Å². The molecule has 1 aliphatic heterocycles. The predicted octanol–water partition coefficient (Wildman–Crippen LogP) is -2.73. The molecule has 14 heavy (non-hydrogen) atoms. The predicted molar refractivity (Wildman–Crippen MR) is 43.7 cm³/mol. The first-order chi connectivity index (χ1) is 6.27. The van der Waals surface area contributed by atoms with Crippen LogP contribution in [0.15, 0.2) is 30.3 Å². The average Bonchev–Trinajstić information content (AvgIpc) is 2.02. The monoisotopic (exact) mass is 184 g/mol. The van der Waals surface area contributed by atoms with Crippen LogP contribution < -0.4 is 24.0 Å². The van der Waals surface area contributed by atoms with Crippen molar-refractivity contribution in [2.75, 3.05) is 0 Å². The van der Waals surface area contributed by atoms with E-state index in [0.29, 0.717) is 6.42 Å². The minimum Gasteiger partial charge on any atom is -0.547 e. The molecule has 1 saturated heterocycles. The third-order valence-electron chi connectivity index (χ3n) is 2.19. The van der Waals surface area contributed by atoms with Gasteiger partial charge in [0.25, 0.3) is 0 Å². The van der Waals surface area contributed by atoms with Crippen molar-refractivity contribution >= 4 is 5.97 Å². The van der Waals surface area contributed by atoms with E-state index in [4.69, 9.17) is 4.74 Å². The number of carboxylic acid groups (broad SMARTS) is 1. The third-order valence-corrected chi connectivity index (χ3v) is 2.19. The maximum Gasteiger partial charge on any atom is 1.00 e. The number of rotatable bonds is 2. The van der Waals surface area contributed by atoms with Gasteiger partial charge in [-0.3, -0.25) is 0 Å². The van der Waals surface area contributed by atoms with Crippen molar-refractivity contribution in [3.8, 4) is 0 Å². The van der Waals surface area contributed by atoms with Crippen LogP contribution in [0.1, 0.15) is 18.1 Å². The summed E-state index contributed by atoms with van der Waals surface area (Å²) in [5, 5.41) is 10.3. The summed E-state index contributed by atoms with van der Waals surface area (Å²) in [5.74, 6) is -1.12. The van der Waals surface area contributed by atoms with Crippen LogP contribution in [0.5, 0.6) is 0 Å². The van der Waals surface area contributed by atoms with Crippen molar-refractivity contribution in [2.24, 2.45) is 0 Å². The molecule has 1 aromatic rings. The normalized spacial score (nSPS) is 24.6. The fraction of sp³-hybridized carbons (Fsp3) is 0.300. The van der Waals surface area contributed by atoms with E-state index in [9.17, 15) is 9.90 Å². The number of carbonyl (C=O) groups is 1. The summed E-state index contributed by atoms with van der Waals surface area (Å²) in [5.41, 5.74) is 1.03. The zero-order chi connectivity index (χ0) is 9.26. The maximum absolute atomic E-state index is 10.3. The van der Waals surface area contributed by atoms with Gasteiger partial charge in [-0.1, -0.05) is 30.3 Å². The summed E-state index contributed by atoms with van der Waals surface area (Å²) in [6, 6.07) is 9.58. The molecular formula is C10H9LiO3. The molecule has 2 unspecified atom stereocenters. The SMILES string of the molecule is O=C([O-])C1CC(c2ccccc2)O1.[Li+]. The molecule has 1 heterocycles. The molecule has 0 saturated carbocycles. The van der Waals surface area contributed by atoms with Gasteiger partial charge < -0.3 is 14.6 Å². The van der Waals surface area contributed by atoms with Crippen LogP contribution in [-0.2, 0) is 9.53 Å². The van der Waals surface area contributed by atoms with Crippen LogP contribution in [0, 0.1) is 0 Å². The van der Waals surface area contributed by atoms with Gasteiger partial charge >= 0.3 is 18.9 Å². The number of aliphatic carboxylic acids is 1. The Morgan fingerprint density at radius 1 is 1.36 bits per heavy atom. The Kier molecular flexibility index (Phi) is 3.76. The van der Waals surface area contributed by atoms with E-state index in [2.05, 4.69) is 0 Å². The Morgan fingerprint density at radius 2 is 1.93 bits per heavy atom. The van der Waals surface area contributed by atoms with Crippen LogP contribution in [-0.4, -0.2) is 12.1 Å². The van der Waals surface area contributed by atoms with E-state index in [0.717, 1.165) is 5.56 Å². The van der Waals surface area contributed by atoms with Crippen molar-refractivity contribution in [1.29, 1.82) is 0 Å². The van der Waals surface area contributed by atoms with Crippen molar-refractivity contribution in [3.63, 3.8) is 0 Å². The summed E-state index contributed by atoms with van der Waals surface area (Å²) in [6.45, 7) is 0. The second-order valence-corrected chi connectivity index (χ2v) is 3.08. The molecule has 0 spiro atoms. The Hall–Kier alpha value is -0.753. The van der Waals surface area contributed by atoms with Gasteiger partial charge in [-0.15, -0.1) is 0 Å². The van der Waals surface area contributed by atoms with Gasteiger partial charge in [-0.25, -0.2) is 0 Å². The number of carbonyl (C=O) groups excluding carboxylic acids is 1. The third kappa shape index (κ3) is 2.19. The average molecular weight is 184 g/mol. The Morgan fingerprint density at radius 3 is 2.43 bits per heavy atom. The minimum atomic E-state index is -1.12. The number of benzene rings is 1. The largest absolute Gasteiger partial charge is 1.00 e. The fourth-order valence-electron chi connectivity index (χ4n) is 1.42. The topological polar surface area (TPSA) is 49.4 Å². The molecule has 0 aromatic heterocycles. The molecular weight excluding hydrogens is 175 g/mol. The maximum atomic E-state index is 10.3. The van der Waals surface area contributed by atoms with Crippen LogP contribution in [0.3, 0.4) is 0 Å². The second kappa shape index (κ2) is 4.65. The molecule has 0 aliphatic carbocycles. The number of hydrogen-bond acceptors (Lipinski definition) is 3. The van der Waals surface area contributed by atoms with Crippen LogP contribution in [0.25, 0.3) is 0 Å². The quantitative estimate of drug-likeness (QED) is 0.469. The number of carboxylic acids is 1. The molecule has 4 heteroatoms. The van der Waals surface area contributed by atoms with E-state index >= 15 is 0 Å².